The van der Waals surface area contributed by atoms with E-state index in [-0.39, 0.29) is 5.97 Å². The van der Waals surface area contributed by atoms with Gasteiger partial charge in [0.25, 0.3) is 0 Å². The number of anilines is 2. The third kappa shape index (κ3) is 3.80. The largest absolute Gasteiger partial charge is 0.469 e. The van der Waals surface area contributed by atoms with Crippen molar-refractivity contribution in [2.45, 2.75) is 32.7 Å². The highest BCUT2D eigenvalue weighted by Crippen LogP contribution is 2.21. The van der Waals surface area contributed by atoms with Gasteiger partial charge in [0, 0.05) is 24.0 Å². The molecule has 0 unspecified atom stereocenters. The summed E-state index contributed by atoms with van der Waals surface area (Å²) in [6.45, 7) is 4.15. The van der Waals surface area contributed by atoms with E-state index in [4.69, 9.17) is 0 Å². The number of aryl methyl sites for hydroxylation is 1. The maximum atomic E-state index is 11.1. The van der Waals surface area contributed by atoms with Gasteiger partial charge in [-0.3, -0.25) is 9.48 Å². The normalized spacial score (nSPS) is 10.8. The number of thiazole rings is 1. The van der Waals surface area contributed by atoms with E-state index in [1.807, 2.05) is 16.3 Å². The molecule has 0 bridgehead atoms. The van der Waals surface area contributed by atoms with Crippen molar-refractivity contribution in [3.8, 4) is 0 Å². The van der Waals surface area contributed by atoms with Crippen molar-refractivity contribution in [1.82, 2.24) is 14.8 Å². The van der Waals surface area contributed by atoms with Gasteiger partial charge in [-0.15, -0.1) is 11.3 Å². The number of rotatable bonds is 6. The molecule has 0 aromatic carbocycles. The van der Waals surface area contributed by atoms with Crippen LogP contribution in [0.2, 0.25) is 0 Å². The lowest BCUT2D eigenvalue weighted by molar-refractivity contribution is -0.140. The number of nitrogens with zero attached hydrogens (tertiary/aromatic N) is 3. The van der Waals surface area contributed by atoms with E-state index >= 15 is 0 Å². The molecule has 0 aliphatic rings. The molecular formula is C13H18N4O2S. The molecule has 0 fully saturated rings. The second-order valence-electron chi connectivity index (χ2n) is 4.65. The number of methoxy groups -OCH3 is 1. The van der Waals surface area contributed by atoms with E-state index < -0.39 is 0 Å². The van der Waals surface area contributed by atoms with Crippen LogP contribution in [0.3, 0.4) is 0 Å². The molecule has 0 saturated heterocycles. The molecule has 0 aliphatic carbocycles. The van der Waals surface area contributed by atoms with Crippen molar-refractivity contribution >= 4 is 28.1 Å². The van der Waals surface area contributed by atoms with Crippen LogP contribution in [-0.4, -0.2) is 27.8 Å². The number of nitrogens with one attached hydrogen (secondary N) is 1. The summed E-state index contributed by atoms with van der Waals surface area (Å²) >= 11 is 1.51. The minimum Gasteiger partial charge on any atom is -0.469 e. The highest BCUT2D eigenvalue weighted by molar-refractivity contribution is 7.13. The lowest BCUT2D eigenvalue weighted by atomic mass is 10.2. The Morgan fingerprint density at radius 3 is 3.00 bits per heavy atom. The topological polar surface area (TPSA) is 69.0 Å². The molecule has 108 valence electrons. The van der Waals surface area contributed by atoms with E-state index in [1.54, 1.807) is 6.20 Å². The maximum absolute atomic E-state index is 11.1. The number of ether oxygens (including phenoxy) is 1. The van der Waals surface area contributed by atoms with Crippen LogP contribution in [0.4, 0.5) is 10.8 Å². The Morgan fingerprint density at radius 1 is 1.55 bits per heavy atom. The average Bonchev–Trinajstić information content (AvgIpc) is 3.06. The zero-order valence-electron chi connectivity index (χ0n) is 11.8. The van der Waals surface area contributed by atoms with Crippen molar-refractivity contribution in [3.63, 3.8) is 0 Å². The van der Waals surface area contributed by atoms with Crippen LogP contribution in [0.1, 0.15) is 32.0 Å². The highest BCUT2D eigenvalue weighted by Gasteiger charge is 2.07. The van der Waals surface area contributed by atoms with Gasteiger partial charge < -0.3 is 10.1 Å². The fourth-order valence-electron chi connectivity index (χ4n) is 1.62. The number of esters is 1. The Hall–Kier alpha value is -1.89. The van der Waals surface area contributed by atoms with E-state index in [2.05, 4.69) is 34.0 Å². The summed E-state index contributed by atoms with van der Waals surface area (Å²) in [6, 6.07) is 0.331. The van der Waals surface area contributed by atoms with E-state index in [9.17, 15) is 4.79 Å². The first-order chi connectivity index (χ1) is 9.58. The highest BCUT2D eigenvalue weighted by atomic mass is 32.1. The third-order valence-corrected chi connectivity index (χ3v) is 3.55. The quantitative estimate of drug-likeness (QED) is 0.830. The smallest absolute Gasteiger partial charge is 0.305 e. The number of hydrogen-bond acceptors (Lipinski definition) is 6. The lowest BCUT2D eigenvalue weighted by Crippen LogP contribution is -2.02. The standard InChI is InChI=1S/C13H18N4O2S/c1-9(2)17-7-11(6-14-17)16-13-15-10(8-20-13)4-5-12(18)19-3/h6-9H,4-5H2,1-3H3,(H,15,16). The Morgan fingerprint density at radius 2 is 2.35 bits per heavy atom. The molecular weight excluding hydrogens is 276 g/mol. The molecule has 1 N–H and O–H groups in total. The maximum Gasteiger partial charge on any atom is 0.305 e. The summed E-state index contributed by atoms with van der Waals surface area (Å²) in [5.41, 5.74) is 1.80. The van der Waals surface area contributed by atoms with Crippen molar-refractivity contribution < 1.29 is 9.53 Å². The molecule has 2 aromatic heterocycles. The minimum atomic E-state index is -0.217. The first-order valence-electron chi connectivity index (χ1n) is 6.41. The summed E-state index contributed by atoms with van der Waals surface area (Å²) in [5.74, 6) is -0.217. The van der Waals surface area contributed by atoms with Crippen LogP contribution in [0.25, 0.3) is 0 Å². The Bertz CT molecular complexity index is 576. The molecule has 0 aliphatic heterocycles. The second-order valence-corrected chi connectivity index (χ2v) is 5.51. The van der Waals surface area contributed by atoms with Crippen LogP contribution in [0.5, 0.6) is 0 Å². The van der Waals surface area contributed by atoms with Gasteiger partial charge in [-0.1, -0.05) is 0 Å². The summed E-state index contributed by atoms with van der Waals surface area (Å²) < 4.78 is 6.49. The van der Waals surface area contributed by atoms with Crippen LogP contribution in [0, 0.1) is 0 Å². The Kier molecular flexibility index (Phi) is 4.73. The second kappa shape index (κ2) is 6.51. The molecule has 2 aromatic rings. The number of carbonyl (C=O) groups excluding carboxylic acids is 1. The van der Waals surface area contributed by atoms with Crippen molar-refractivity contribution in [2.75, 3.05) is 12.4 Å². The van der Waals surface area contributed by atoms with E-state index in [1.165, 1.54) is 18.4 Å². The van der Waals surface area contributed by atoms with Crippen molar-refractivity contribution in [1.29, 1.82) is 0 Å². The Balaban J connectivity index is 1.93. The molecule has 7 heteroatoms. The van der Waals surface area contributed by atoms with Gasteiger partial charge in [0.1, 0.15) is 0 Å². The monoisotopic (exact) mass is 294 g/mol. The molecule has 0 spiro atoms. The SMILES string of the molecule is COC(=O)CCc1csc(Nc2cnn(C(C)C)c2)n1. The average molecular weight is 294 g/mol. The van der Waals surface area contributed by atoms with Crippen LogP contribution in [0.15, 0.2) is 17.8 Å². The van der Waals surface area contributed by atoms with E-state index in [0.29, 0.717) is 18.9 Å². The predicted octanol–water partition coefficient (Wildman–Crippen LogP) is 2.77. The summed E-state index contributed by atoms with van der Waals surface area (Å²) in [6.07, 6.45) is 4.66. The fraction of sp³-hybridized carbons (Fsp3) is 0.462. The molecule has 0 saturated carbocycles. The van der Waals surface area contributed by atoms with Crippen LogP contribution in [-0.2, 0) is 16.0 Å². The number of hydrogen-bond donors (Lipinski definition) is 1. The van der Waals surface area contributed by atoms with Gasteiger partial charge in [0.2, 0.25) is 0 Å². The van der Waals surface area contributed by atoms with Gasteiger partial charge in [0.05, 0.1) is 31.1 Å². The Labute approximate surface area is 121 Å². The summed E-state index contributed by atoms with van der Waals surface area (Å²) in [5, 5.41) is 10.2. The van der Waals surface area contributed by atoms with E-state index in [0.717, 1.165) is 16.5 Å². The fourth-order valence-corrected chi connectivity index (χ4v) is 2.38. The number of aromatic nitrogens is 3. The van der Waals surface area contributed by atoms with Crippen LogP contribution < -0.4 is 5.32 Å². The molecule has 2 rings (SSSR count). The minimum absolute atomic E-state index is 0.217. The summed E-state index contributed by atoms with van der Waals surface area (Å²) in [7, 11) is 1.39. The van der Waals surface area contributed by atoms with Crippen LogP contribution >= 0.6 is 11.3 Å². The number of carbonyl (C=O) groups is 1. The van der Waals surface area contributed by atoms with Gasteiger partial charge in [-0.05, 0) is 13.8 Å². The zero-order valence-corrected chi connectivity index (χ0v) is 12.6. The third-order valence-electron chi connectivity index (χ3n) is 2.75. The molecule has 2 heterocycles. The van der Waals surface area contributed by atoms with Gasteiger partial charge in [-0.2, -0.15) is 5.10 Å². The van der Waals surface area contributed by atoms with Crippen molar-refractivity contribution in [3.05, 3.63) is 23.5 Å². The van der Waals surface area contributed by atoms with Gasteiger partial charge >= 0.3 is 5.97 Å². The first-order valence-corrected chi connectivity index (χ1v) is 7.29. The summed E-state index contributed by atoms with van der Waals surface area (Å²) in [4.78, 5) is 15.5. The van der Waals surface area contributed by atoms with Crippen molar-refractivity contribution in [2.24, 2.45) is 0 Å². The van der Waals surface area contributed by atoms with Gasteiger partial charge in [0.15, 0.2) is 5.13 Å². The molecule has 0 radical (unpaired) electrons. The molecule has 0 atom stereocenters. The first kappa shape index (κ1) is 14.5. The van der Waals surface area contributed by atoms with Gasteiger partial charge in [-0.25, -0.2) is 4.98 Å². The molecule has 6 nitrogen and oxygen atoms in total. The lowest BCUT2D eigenvalue weighted by Gasteiger charge is -2.03. The molecule has 0 amide bonds. The molecule has 20 heavy (non-hydrogen) atoms. The zero-order chi connectivity index (χ0) is 14.5. The predicted molar refractivity (Wildman–Crippen MR) is 78.3 cm³/mol.